The number of rotatable bonds is 4. The van der Waals surface area contributed by atoms with E-state index in [1.54, 1.807) is 14.2 Å². The molecule has 0 amide bonds. The average molecular weight is 241 g/mol. The van der Waals surface area contributed by atoms with Crippen LogP contribution in [0, 0.1) is 0 Å². The van der Waals surface area contributed by atoms with Crippen LogP contribution in [0.4, 0.5) is 0 Å². The first kappa shape index (κ1) is 12.5. The van der Waals surface area contributed by atoms with Crippen LogP contribution in [-0.2, 0) is 6.54 Å². The van der Waals surface area contributed by atoms with E-state index in [4.69, 9.17) is 33.3 Å². The van der Waals surface area contributed by atoms with Gasteiger partial charge in [-0.2, -0.15) is 0 Å². The molecule has 0 saturated heterocycles. The summed E-state index contributed by atoms with van der Waals surface area (Å²) in [5.41, 5.74) is 6.23. The van der Waals surface area contributed by atoms with Crippen molar-refractivity contribution in [1.82, 2.24) is 5.01 Å². The molecule has 6 heteroatoms. The van der Waals surface area contributed by atoms with Gasteiger partial charge in [0.05, 0.1) is 26.3 Å². The molecule has 0 unspecified atom stereocenters. The van der Waals surface area contributed by atoms with Crippen molar-refractivity contribution in [1.29, 1.82) is 0 Å². The quantitative estimate of drug-likeness (QED) is 0.457. The smallest absolute Gasteiger partial charge is 0.180 e. The molecule has 0 saturated carbocycles. The second-order valence-electron chi connectivity index (χ2n) is 3.11. The maximum atomic E-state index is 5.65. The van der Waals surface area contributed by atoms with E-state index in [2.05, 4.69) is 0 Å². The second kappa shape index (κ2) is 5.53. The summed E-state index contributed by atoms with van der Waals surface area (Å²) in [6, 6.07) is 5.49. The lowest BCUT2D eigenvalue weighted by Crippen LogP contribution is -2.40. The lowest BCUT2D eigenvalue weighted by Gasteiger charge is -2.19. The lowest BCUT2D eigenvalue weighted by molar-refractivity contribution is 0.360. The third-order valence-corrected chi connectivity index (χ3v) is 2.38. The zero-order valence-corrected chi connectivity index (χ0v) is 10.1. The molecular formula is C10H15N3O2S. The molecular weight excluding hydrogens is 226 g/mol. The maximum absolute atomic E-state index is 5.65. The van der Waals surface area contributed by atoms with Gasteiger partial charge in [0, 0.05) is 0 Å². The summed E-state index contributed by atoms with van der Waals surface area (Å²) >= 11 is 4.77. The Morgan fingerprint density at radius 1 is 1.31 bits per heavy atom. The number of benzene rings is 1. The zero-order chi connectivity index (χ0) is 12.1. The molecule has 1 aromatic carbocycles. The number of nitrogens with zero attached hydrogens (tertiary/aromatic N) is 1. The van der Waals surface area contributed by atoms with E-state index < -0.39 is 0 Å². The number of methoxy groups -OCH3 is 2. The van der Waals surface area contributed by atoms with Crippen LogP contribution in [0.15, 0.2) is 18.2 Å². The normalized spacial score (nSPS) is 9.69. The molecule has 5 nitrogen and oxygen atoms in total. The number of hydrogen-bond acceptors (Lipinski definition) is 4. The first-order chi connectivity index (χ1) is 7.60. The van der Waals surface area contributed by atoms with Gasteiger partial charge in [0.25, 0.3) is 0 Å². The van der Waals surface area contributed by atoms with Gasteiger partial charge in [0.15, 0.2) is 5.11 Å². The summed E-state index contributed by atoms with van der Waals surface area (Å²) in [4.78, 5) is 0. The summed E-state index contributed by atoms with van der Waals surface area (Å²) in [5.74, 6) is 7.02. The minimum atomic E-state index is 0.118. The number of ether oxygens (including phenoxy) is 2. The standard InChI is InChI=1S/C10H15N3O2S/c1-14-8-4-3-5-9(15-2)7(8)6-13(12)10(11)16/h3-5H,6,12H2,1-2H3,(H2,11,16). The minimum Gasteiger partial charge on any atom is -0.496 e. The Balaban J connectivity index is 3.04. The van der Waals surface area contributed by atoms with E-state index in [0.29, 0.717) is 18.0 Å². The molecule has 0 heterocycles. The second-order valence-corrected chi connectivity index (χ2v) is 3.53. The predicted octanol–water partition coefficient (Wildman–Crippen LogP) is 0.623. The Labute approximate surface area is 99.9 Å². The molecule has 4 N–H and O–H groups in total. The van der Waals surface area contributed by atoms with E-state index in [9.17, 15) is 0 Å². The van der Waals surface area contributed by atoms with Crippen LogP contribution in [0.2, 0.25) is 0 Å². The van der Waals surface area contributed by atoms with Crippen molar-refractivity contribution in [3.63, 3.8) is 0 Å². The third-order valence-electron chi connectivity index (χ3n) is 2.14. The predicted molar refractivity (Wildman–Crippen MR) is 66.1 cm³/mol. The molecule has 0 radical (unpaired) electrons. The SMILES string of the molecule is COc1cccc(OC)c1CN(N)C(N)=S. The van der Waals surface area contributed by atoms with Gasteiger partial charge in [-0.3, -0.25) is 5.01 Å². The Kier molecular flexibility index (Phi) is 4.33. The van der Waals surface area contributed by atoms with E-state index in [-0.39, 0.29) is 5.11 Å². The lowest BCUT2D eigenvalue weighted by atomic mass is 10.1. The number of hydrazine groups is 1. The largest absolute Gasteiger partial charge is 0.496 e. The molecule has 1 aromatic rings. The van der Waals surface area contributed by atoms with Gasteiger partial charge >= 0.3 is 0 Å². The van der Waals surface area contributed by atoms with E-state index in [1.165, 1.54) is 5.01 Å². The molecule has 0 aromatic heterocycles. The summed E-state index contributed by atoms with van der Waals surface area (Å²) in [7, 11) is 3.17. The van der Waals surface area contributed by atoms with Gasteiger partial charge in [0.2, 0.25) is 0 Å². The van der Waals surface area contributed by atoms with Crippen LogP contribution in [0.3, 0.4) is 0 Å². The van der Waals surface area contributed by atoms with Crippen molar-refractivity contribution >= 4 is 17.3 Å². The zero-order valence-electron chi connectivity index (χ0n) is 9.27. The molecule has 0 aliphatic carbocycles. The fraction of sp³-hybridized carbons (Fsp3) is 0.300. The Morgan fingerprint density at radius 3 is 2.19 bits per heavy atom. The van der Waals surface area contributed by atoms with Crippen LogP contribution in [0.1, 0.15) is 5.56 Å². The third kappa shape index (κ3) is 2.74. The molecule has 0 spiro atoms. The number of nitrogens with two attached hydrogens (primary N) is 2. The van der Waals surface area contributed by atoms with Crippen LogP contribution in [-0.4, -0.2) is 24.3 Å². The highest BCUT2D eigenvalue weighted by Gasteiger charge is 2.12. The molecule has 0 fully saturated rings. The maximum Gasteiger partial charge on any atom is 0.180 e. The van der Waals surface area contributed by atoms with E-state index >= 15 is 0 Å². The highest BCUT2D eigenvalue weighted by molar-refractivity contribution is 7.80. The van der Waals surface area contributed by atoms with Crippen LogP contribution in [0.5, 0.6) is 11.5 Å². The van der Waals surface area contributed by atoms with Crippen LogP contribution < -0.4 is 21.1 Å². The Hall–Kier alpha value is -1.53. The average Bonchev–Trinajstić information content (AvgIpc) is 2.29. The molecule has 0 aliphatic rings. The number of thiocarbonyl (C=S) groups is 1. The summed E-state index contributed by atoms with van der Waals surface area (Å²) < 4.78 is 10.4. The van der Waals surface area contributed by atoms with Gasteiger partial charge in [-0.15, -0.1) is 0 Å². The highest BCUT2D eigenvalue weighted by Crippen LogP contribution is 2.28. The molecule has 0 atom stereocenters. The van der Waals surface area contributed by atoms with Crippen LogP contribution in [0.25, 0.3) is 0 Å². The Bertz CT molecular complexity index is 362. The van der Waals surface area contributed by atoms with Gasteiger partial charge in [-0.1, -0.05) is 6.07 Å². The minimum absolute atomic E-state index is 0.118. The molecule has 0 bridgehead atoms. The van der Waals surface area contributed by atoms with Crippen molar-refractivity contribution in [3.8, 4) is 11.5 Å². The van der Waals surface area contributed by atoms with Crippen molar-refractivity contribution in [2.24, 2.45) is 11.6 Å². The summed E-state index contributed by atoms with van der Waals surface area (Å²) in [6.45, 7) is 0.336. The molecule has 88 valence electrons. The van der Waals surface area contributed by atoms with Gasteiger partial charge < -0.3 is 15.2 Å². The number of hydrogen-bond donors (Lipinski definition) is 2. The van der Waals surface area contributed by atoms with Crippen LogP contribution >= 0.6 is 12.2 Å². The van der Waals surface area contributed by atoms with Crippen molar-refractivity contribution in [2.75, 3.05) is 14.2 Å². The fourth-order valence-electron chi connectivity index (χ4n) is 1.33. The molecule has 1 rings (SSSR count). The first-order valence-corrected chi connectivity index (χ1v) is 5.02. The highest BCUT2D eigenvalue weighted by atomic mass is 32.1. The van der Waals surface area contributed by atoms with Gasteiger partial charge in [-0.25, -0.2) is 5.84 Å². The van der Waals surface area contributed by atoms with Gasteiger partial charge in [0.1, 0.15) is 11.5 Å². The topological polar surface area (TPSA) is 73.7 Å². The monoisotopic (exact) mass is 241 g/mol. The summed E-state index contributed by atoms with van der Waals surface area (Å²) in [6.07, 6.45) is 0. The first-order valence-electron chi connectivity index (χ1n) is 4.61. The fourth-order valence-corrected chi connectivity index (χ4v) is 1.40. The summed E-state index contributed by atoms with van der Waals surface area (Å²) in [5, 5.41) is 1.38. The van der Waals surface area contributed by atoms with E-state index in [0.717, 1.165) is 5.56 Å². The molecule has 0 aliphatic heterocycles. The van der Waals surface area contributed by atoms with E-state index in [1.807, 2.05) is 18.2 Å². The molecule has 16 heavy (non-hydrogen) atoms. The van der Waals surface area contributed by atoms with Crippen molar-refractivity contribution < 1.29 is 9.47 Å². The van der Waals surface area contributed by atoms with Gasteiger partial charge in [-0.05, 0) is 24.4 Å². The van der Waals surface area contributed by atoms with Crippen molar-refractivity contribution in [3.05, 3.63) is 23.8 Å². The van der Waals surface area contributed by atoms with Crippen molar-refractivity contribution in [2.45, 2.75) is 6.54 Å². The Morgan fingerprint density at radius 2 is 1.81 bits per heavy atom.